The zero-order valence-electron chi connectivity index (χ0n) is 16.4. The van der Waals surface area contributed by atoms with Crippen LogP contribution >= 0.6 is 0 Å². The molecule has 0 amide bonds. The molecule has 23 heavy (non-hydrogen) atoms. The Labute approximate surface area is 145 Å². The van der Waals surface area contributed by atoms with Crippen LogP contribution in [0.15, 0.2) is 0 Å². The average molecular weight is 330 g/mol. The number of carboxylic acids is 1. The molecule has 0 spiro atoms. The van der Waals surface area contributed by atoms with E-state index < -0.39 is 5.97 Å². The van der Waals surface area contributed by atoms with Crippen molar-refractivity contribution in [3.8, 4) is 0 Å². The molecule has 0 aromatic rings. The van der Waals surface area contributed by atoms with Gasteiger partial charge in [-0.1, -0.05) is 84.5 Å². The third-order valence-electron chi connectivity index (χ3n) is 3.92. The fraction of sp³-hybridized carbons (Fsp3) is 0.950. The molecule has 0 unspecified atom stereocenters. The molecule has 0 rings (SSSR count). The van der Waals surface area contributed by atoms with Gasteiger partial charge in [0, 0.05) is 6.42 Å². The van der Waals surface area contributed by atoms with Crippen molar-refractivity contribution >= 4 is 5.97 Å². The molecule has 0 fully saturated rings. The first kappa shape index (κ1) is 24.7. The van der Waals surface area contributed by atoms with Crippen LogP contribution < -0.4 is 0 Å². The number of carbonyl (C=O) groups is 1. The third kappa shape index (κ3) is 30.0. The molecule has 140 valence electrons. The molecule has 0 radical (unpaired) electrons. The van der Waals surface area contributed by atoms with Crippen LogP contribution in [0, 0.1) is 0 Å². The first-order chi connectivity index (χ1) is 11.0. The molecule has 0 aromatic heterocycles. The minimum absolute atomic E-state index is 0.292. The van der Waals surface area contributed by atoms with E-state index >= 15 is 0 Å². The van der Waals surface area contributed by atoms with Crippen molar-refractivity contribution in [2.24, 2.45) is 0 Å². The predicted octanol–water partition coefficient (Wildman–Crippen LogP) is 6.12. The van der Waals surface area contributed by atoms with Crippen molar-refractivity contribution in [2.45, 2.75) is 104 Å². The number of hydrogen-bond donors (Lipinski definition) is 1. The Morgan fingerprint density at radius 3 is 1.35 bits per heavy atom. The van der Waals surface area contributed by atoms with Gasteiger partial charge in [0.1, 0.15) is 0 Å². The highest BCUT2D eigenvalue weighted by Crippen LogP contribution is 2.11. The Hall–Kier alpha value is -0.570. The van der Waals surface area contributed by atoms with Gasteiger partial charge in [0.25, 0.3) is 0 Å². The van der Waals surface area contributed by atoms with Gasteiger partial charge in [0.15, 0.2) is 0 Å². The molecule has 0 saturated heterocycles. The number of carboxylic acid groups (broad SMARTS) is 1. The lowest BCUT2D eigenvalue weighted by Gasteiger charge is -2.08. The maximum absolute atomic E-state index is 9.60. The summed E-state index contributed by atoms with van der Waals surface area (Å²) in [6, 6.07) is 0. The molecular formula is C20H43NO2. The third-order valence-corrected chi connectivity index (χ3v) is 3.92. The minimum atomic E-state index is -0.711. The van der Waals surface area contributed by atoms with Crippen LogP contribution in [0.25, 0.3) is 0 Å². The highest BCUT2D eigenvalue weighted by Gasteiger charge is 1.94. The summed E-state index contributed by atoms with van der Waals surface area (Å²) < 4.78 is 0. The van der Waals surface area contributed by atoms with Gasteiger partial charge in [0.05, 0.1) is 0 Å². The van der Waals surface area contributed by atoms with Crippen molar-refractivity contribution in [3.05, 3.63) is 0 Å². The molecule has 1 N–H and O–H groups in total. The fourth-order valence-electron chi connectivity index (χ4n) is 2.48. The molecule has 0 saturated carbocycles. The Morgan fingerprint density at radius 1 is 0.696 bits per heavy atom. The van der Waals surface area contributed by atoms with Gasteiger partial charge in [-0.15, -0.1) is 0 Å². The van der Waals surface area contributed by atoms with Gasteiger partial charge in [-0.2, -0.15) is 0 Å². The Morgan fingerprint density at radius 2 is 1.09 bits per heavy atom. The number of hydrogen-bond acceptors (Lipinski definition) is 2. The summed E-state index contributed by atoms with van der Waals surface area (Å²) in [5.41, 5.74) is 0. The van der Waals surface area contributed by atoms with E-state index in [9.17, 15) is 4.79 Å². The average Bonchev–Trinajstić information content (AvgIpc) is 2.48. The lowest BCUT2D eigenvalue weighted by atomic mass is 10.1. The van der Waals surface area contributed by atoms with E-state index in [1.807, 2.05) is 6.92 Å². The van der Waals surface area contributed by atoms with E-state index in [-0.39, 0.29) is 0 Å². The first-order valence-corrected chi connectivity index (χ1v) is 9.91. The zero-order valence-corrected chi connectivity index (χ0v) is 16.4. The summed E-state index contributed by atoms with van der Waals surface area (Å²) >= 11 is 0. The lowest BCUT2D eigenvalue weighted by Crippen LogP contribution is -2.12. The number of nitrogens with zero attached hydrogens (tertiary/aromatic N) is 1. The monoisotopic (exact) mass is 329 g/mol. The van der Waals surface area contributed by atoms with Crippen LogP contribution in [-0.2, 0) is 4.79 Å². The van der Waals surface area contributed by atoms with E-state index in [0.717, 1.165) is 6.42 Å². The second kappa shape index (κ2) is 21.4. The molecular weight excluding hydrogens is 286 g/mol. The Kier molecular flexibility index (Phi) is 23.0. The topological polar surface area (TPSA) is 40.5 Å². The Bertz CT molecular complexity index is 230. The van der Waals surface area contributed by atoms with E-state index in [0.29, 0.717) is 6.42 Å². The fourth-order valence-corrected chi connectivity index (χ4v) is 2.48. The largest absolute Gasteiger partial charge is 0.481 e. The number of aliphatic carboxylic acids is 1. The number of rotatable bonds is 15. The van der Waals surface area contributed by atoms with Crippen LogP contribution in [0.1, 0.15) is 104 Å². The maximum Gasteiger partial charge on any atom is 0.303 e. The molecule has 3 nitrogen and oxygen atoms in total. The highest BCUT2D eigenvalue weighted by atomic mass is 16.4. The van der Waals surface area contributed by atoms with Gasteiger partial charge in [-0.25, -0.2) is 0 Å². The molecule has 0 atom stereocenters. The van der Waals surface area contributed by atoms with Crippen LogP contribution in [0.2, 0.25) is 0 Å². The summed E-state index contributed by atoms with van der Waals surface area (Å²) in [6.45, 7) is 5.39. The van der Waals surface area contributed by atoms with Crippen molar-refractivity contribution in [2.75, 3.05) is 20.6 Å². The minimum Gasteiger partial charge on any atom is -0.481 e. The maximum atomic E-state index is 9.60. The standard InChI is InChI=1S/C16H35N.C4H8O2/c1-4-5-6-7-8-9-10-11-12-13-14-15-16-17(2)3;1-2-3-4(5)6/h4-16H2,1-3H3;2-3H2,1H3,(H,5,6). The van der Waals surface area contributed by atoms with E-state index in [1.165, 1.54) is 83.6 Å². The smallest absolute Gasteiger partial charge is 0.303 e. The molecule has 0 aliphatic rings. The molecule has 0 aliphatic carbocycles. The van der Waals surface area contributed by atoms with Gasteiger partial charge in [-0.05, 0) is 33.5 Å². The van der Waals surface area contributed by atoms with Gasteiger partial charge >= 0.3 is 5.97 Å². The SMILES string of the molecule is CCCC(=O)O.CCCCCCCCCCCCCCN(C)C. The van der Waals surface area contributed by atoms with E-state index in [2.05, 4.69) is 25.9 Å². The van der Waals surface area contributed by atoms with Gasteiger partial charge < -0.3 is 10.0 Å². The predicted molar refractivity (Wildman–Crippen MR) is 102 cm³/mol. The van der Waals surface area contributed by atoms with E-state index in [1.54, 1.807) is 0 Å². The molecule has 0 bridgehead atoms. The molecule has 0 aliphatic heterocycles. The van der Waals surface area contributed by atoms with Crippen molar-refractivity contribution in [3.63, 3.8) is 0 Å². The summed E-state index contributed by atoms with van der Waals surface area (Å²) in [4.78, 5) is 11.9. The molecule has 0 heterocycles. The second-order valence-electron chi connectivity index (χ2n) is 6.84. The first-order valence-electron chi connectivity index (χ1n) is 9.91. The van der Waals surface area contributed by atoms with E-state index in [4.69, 9.17) is 5.11 Å². The summed E-state index contributed by atoms with van der Waals surface area (Å²) in [5, 5.41) is 7.91. The quantitative estimate of drug-likeness (QED) is 0.368. The molecule has 0 aromatic carbocycles. The van der Waals surface area contributed by atoms with Crippen molar-refractivity contribution in [1.29, 1.82) is 0 Å². The van der Waals surface area contributed by atoms with Gasteiger partial charge in [0.2, 0.25) is 0 Å². The normalized spacial score (nSPS) is 10.5. The summed E-state index contributed by atoms with van der Waals surface area (Å²) in [6.07, 6.45) is 18.4. The lowest BCUT2D eigenvalue weighted by molar-refractivity contribution is -0.137. The second-order valence-corrected chi connectivity index (χ2v) is 6.84. The Balaban J connectivity index is 0. The summed E-state index contributed by atoms with van der Waals surface area (Å²) in [7, 11) is 4.33. The van der Waals surface area contributed by atoms with Crippen LogP contribution in [0.5, 0.6) is 0 Å². The number of unbranched alkanes of at least 4 members (excludes halogenated alkanes) is 11. The van der Waals surface area contributed by atoms with Crippen LogP contribution in [0.3, 0.4) is 0 Å². The van der Waals surface area contributed by atoms with Crippen LogP contribution in [-0.4, -0.2) is 36.6 Å². The van der Waals surface area contributed by atoms with Crippen molar-refractivity contribution < 1.29 is 9.90 Å². The summed E-state index contributed by atoms with van der Waals surface area (Å²) in [5.74, 6) is -0.711. The molecule has 3 heteroatoms. The zero-order chi connectivity index (χ0) is 17.8. The van der Waals surface area contributed by atoms with Crippen molar-refractivity contribution in [1.82, 2.24) is 4.90 Å². The van der Waals surface area contributed by atoms with Crippen LogP contribution in [0.4, 0.5) is 0 Å². The highest BCUT2D eigenvalue weighted by molar-refractivity contribution is 5.66. The van der Waals surface area contributed by atoms with Gasteiger partial charge in [-0.3, -0.25) is 4.79 Å².